The molecule has 0 bridgehead atoms. The van der Waals surface area contributed by atoms with Crippen molar-refractivity contribution in [2.75, 3.05) is 13.1 Å². The number of ketones is 1. The highest BCUT2D eigenvalue weighted by Crippen LogP contribution is 2.13. The van der Waals surface area contributed by atoms with Gasteiger partial charge in [-0.05, 0) is 44.5 Å². The van der Waals surface area contributed by atoms with E-state index in [1.165, 1.54) is 38.5 Å². The van der Waals surface area contributed by atoms with Crippen molar-refractivity contribution in [2.45, 2.75) is 64.7 Å². The topological polar surface area (TPSA) is 29.1 Å². The van der Waals surface area contributed by atoms with E-state index >= 15 is 0 Å². The molecule has 0 unspecified atom stereocenters. The van der Waals surface area contributed by atoms with Crippen LogP contribution >= 0.6 is 15.9 Å². The predicted octanol–water partition coefficient (Wildman–Crippen LogP) is 5.75. The maximum absolute atomic E-state index is 12.0. The van der Waals surface area contributed by atoms with Gasteiger partial charge in [0.05, 0.1) is 0 Å². The maximum Gasteiger partial charge on any atom is 0.162 e. The van der Waals surface area contributed by atoms with Crippen LogP contribution in [0.2, 0.25) is 0 Å². The van der Waals surface area contributed by atoms with Crippen LogP contribution < -0.4 is 5.32 Å². The van der Waals surface area contributed by atoms with Crippen molar-refractivity contribution in [3.63, 3.8) is 0 Å². The fourth-order valence-electron chi connectivity index (χ4n) is 2.47. The first kappa shape index (κ1) is 19.4. The summed E-state index contributed by atoms with van der Waals surface area (Å²) in [5.74, 6) is 0.265. The molecule has 1 aromatic rings. The molecule has 0 radical (unpaired) electrons. The molecule has 0 saturated heterocycles. The average Bonchev–Trinajstić information content (AvgIpc) is 2.53. The molecule has 0 aliphatic rings. The van der Waals surface area contributed by atoms with Gasteiger partial charge in [0.2, 0.25) is 0 Å². The van der Waals surface area contributed by atoms with Crippen molar-refractivity contribution in [1.82, 2.24) is 5.32 Å². The van der Waals surface area contributed by atoms with Crippen LogP contribution in [-0.4, -0.2) is 18.9 Å². The number of carbonyl (C=O) groups is 1. The molecule has 0 saturated carbocycles. The number of halogens is 1. The second kappa shape index (κ2) is 12.8. The highest BCUT2D eigenvalue weighted by Gasteiger charge is 2.04. The third-order valence-corrected chi connectivity index (χ3v) is 4.41. The Bertz CT molecular complexity index is 402. The summed E-state index contributed by atoms with van der Waals surface area (Å²) >= 11 is 3.39. The van der Waals surface area contributed by atoms with E-state index in [1.54, 1.807) is 0 Å². The number of benzene rings is 1. The van der Waals surface area contributed by atoms with Gasteiger partial charge in [0.15, 0.2) is 5.78 Å². The predicted molar refractivity (Wildman–Crippen MR) is 98.6 cm³/mol. The Kier molecular flexibility index (Phi) is 11.3. The molecule has 2 nitrogen and oxygen atoms in total. The van der Waals surface area contributed by atoms with E-state index in [1.807, 2.05) is 24.3 Å². The summed E-state index contributed by atoms with van der Waals surface area (Å²) < 4.78 is 1.02. The largest absolute Gasteiger partial charge is 0.317 e. The molecule has 1 aromatic carbocycles. The minimum atomic E-state index is 0.265. The molecule has 1 rings (SSSR count). The molecule has 0 aliphatic carbocycles. The molecule has 22 heavy (non-hydrogen) atoms. The fraction of sp³-hybridized carbons (Fsp3) is 0.632. The van der Waals surface area contributed by atoms with Crippen LogP contribution in [0, 0.1) is 0 Å². The quantitative estimate of drug-likeness (QED) is 0.355. The summed E-state index contributed by atoms with van der Waals surface area (Å²) in [6.07, 6.45) is 10.6. The lowest BCUT2D eigenvalue weighted by atomic mass is 10.0. The highest BCUT2D eigenvalue weighted by atomic mass is 79.9. The number of unbranched alkanes of at least 4 members (excludes halogenated alkanes) is 6. The van der Waals surface area contributed by atoms with Crippen LogP contribution in [0.25, 0.3) is 0 Å². The van der Waals surface area contributed by atoms with Crippen LogP contribution in [0.3, 0.4) is 0 Å². The monoisotopic (exact) mass is 367 g/mol. The third-order valence-electron chi connectivity index (χ3n) is 3.88. The lowest BCUT2D eigenvalue weighted by Gasteiger charge is -2.05. The van der Waals surface area contributed by atoms with E-state index in [0.29, 0.717) is 6.42 Å². The Balaban J connectivity index is 1.93. The molecule has 1 N–H and O–H groups in total. The average molecular weight is 368 g/mol. The van der Waals surface area contributed by atoms with Crippen molar-refractivity contribution >= 4 is 21.7 Å². The lowest BCUT2D eigenvalue weighted by Crippen LogP contribution is -2.16. The number of carbonyl (C=O) groups excluding carboxylic acids is 1. The molecule has 0 fully saturated rings. The summed E-state index contributed by atoms with van der Waals surface area (Å²) in [5.41, 5.74) is 0.831. The van der Waals surface area contributed by atoms with Gasteiger partial charge in [-0.2, -0.15) is 0 Å². The van der Waals surface area contributed by atoms with Gasteiger partial charge in [0, 0.05) is 16.5 Å². The number of rotatable bonds is 13. The zero-order valence-corrected chi connectivity index (χ0v) is 15.5. The Morgan fingerprint density at radius 2 is 1.50 bits per heavy atom. The smallest absolute Gasteiger partial charge is 0.162 e. The fourth-order valence-corrected chi connectivity index (χ4v) is 2.74. The molecule has 0 amide bonds. The Morgan fingerprint density at radius 1 is 0.909 bits per heavy atom. The normalized spacial score (nSPS) is 10.8. The minimum absolute atomic E-state index is 0.265. The molecule has 0 heterocycles. The number of hydrogen-bond donors (Lipinski definition) is 1. The summed E-state index contributed by atoms with van der Waals surface area (Å²) in [6, 6.07) is 7.66. The van der Waals surface area contributed by atoms with Crippen LogP contribution in [0.5, 0.6) is 0 Å². The van der Waals surface area contributed by atoms with E-state index in [0.717, 1.165) is 36.0 Å². The highest BCUT2D eigenvalue weighted by molar-refractivity contribution is 9.10. The van der Waals surface area contributed by atoms with Gasteiger partial charge in [0.1, 0.15) is 0 Å². The van der Waals surface area contributed by atoms with Crippen molar-refractivity contribution < 1.29 is 4.79 Å². The maximum atomic E-state index is 12.0. The van der Waals surface area contributed by atoms with Crippen LogP contribution in [0.1, 0.15) is 75.1 Å². The summed E-state index contributed by atoms with van der Waals surface area (Å²) in [4.78, 5) is 12.0. The van der Waals surface area contributed by atoms with Crippen LogP contribution in [0.4, 0.5) is 0 Å². The number of hydrogen-bond acceptors (Lipinski definition) is 2. The zero-order chi connectivity index (χ0) is 16.0. The van der Waals surface area contributed by atoms with Crippen molar-refractivity contribution in [2.24, 2.45) is 0 Å². The molecule has 0 aromatic heterocycles. The van der Waals surface area contributed by atoms with Gasteiger partial charge >= 0.3 is 0 Å². The Hall–Kier alpha value is -0.670. The summed E-state index contributed by atoms with van der Waals surface area (Å²) in [6.45, 7) is 4.52. The SMILES string of the molecule is CCCCCCNCCCCCCC(=O)c1ccc(Br)cc1. The minimum Gasteiger partial charge on any atom is -0.317 e. The zero-order valence-electron chi connectivity index (χ0n) is 13.9. The van der Waals surface area contributed by atoms with Crippen LogP contribution in [-0.2, 0) is 0 Å². The van der Waals surface area contributed by atoms with Gasteiger partial charge in [-0.25, -0.2) is 0 Å². The molecular formula is C19H30BrNO. The standard InChI is InChI=1S/C19H30BrNO/c1-2-3-4-8-15-21-16-9-6-5-7-10-19(22)17-11-13-18(20)14-12-17/h11-14,21H,2-10,15-16H2,1H3. The Labute approximate surface area is 144 Å². The molecule has 0 atom stereocenters. The van der Waals surface area contributed by atoms with Gasteiger partial charge in [0.25, 0.3) is 0 Å². The van der Waals surface area contributed by atoms with Crippen molar-refractivity contribution in [1.29, 1.82) is 0 Å². The molecular weight excluding hydrogens is 338 g/mol. The second-order valence-corrected chi connectivity index (χ2v) is 6.82. The first-order valence-electron chi connectivity index (χ1n) is 8.73. The van der Waals surface area contributed by atoms with Gasteiger partial charge in [-0.1, -0.05) is 67.1 Å². The van der Waals surface area contributed by atoms with Gasteiger partial charge < -0.3 is 5.32 Å². The van der Waals surface area contributed by atoms with E-state index in [9.17, 15) is 4.79 Å². The van der Waals surface area contributed by atoms with E-state index in [-0.39, 0.29) is 5.78 Å². The van der Waals surface area contributed by atoms with Crippen molar-refractivity contribution in [3.8, 4) is 0 Å². The molecule has 0 spiro atoms. The lowest BCUT2D eigenvalue weighted by molar-refractivity contribution is 0.0979. The summed E-state index contributed by atoms with van der Waals surface area (Å²) in [7, 11) is 0. The first-order valence-corrected chi connectivity index (χ1v) is 9.53. The number of Topliss-reactive ketones (excluding diaryl/α,β-unsaturated/α-hetero) is 1. The first-order chi connectivity index (χ1) is 10.7. The third kappa shape index (κ3) is 9.37. The van der Waals surface area contributed by atoms with Gasteiger partial charge in [-0.3, -0.25) is 4.79 Å². The van der Waals surface area contributed by atoms with E-state index in [2.05, 4.69) is 28.2 Å². The summed E-state index contributed by atoms with van der Waals surface area (Å²) in [5, 5.41) is 3.50. The molecule has 3 heteroatoms. The van der Waals surface area contributed by atoms with E-state index < -0.39 is 0 Å². The second-order valence-electron chi connectivity index (χ2n) is 5.90. The van der Waals surface area contributed by atoms with Crippen LogP contribution in [0.15, 0.2) is 28.7 Å². The Morgan fingerprint density at radius 3 is 2.14 bits per heavy atom. The van der Waals surface area contributed by atoms with Gasteiger partial charge in [-0.15, -0.1) is 0 Å². The van der Waals surface area contributed by atoms with E-state index in [4.69, 9.17) is 0 Å². The van der Waals surface area contributed by atoms with Crippen molar-refractivity contribution in [3.05, 3.63) is 34.3 Å². The molecule has 124 valence electrons. The molecule has 0 aliphatic heterocycles. The number of nitrogens with one attached hydrogen (secondary N) is 1.